The van der Waals surface area contributed by atoms with Crippen LogP contribution in [0.5, 0.6) is 0 Å². The zero-order valence-electron chi connectivity index (χ0n) is 9.54. The van der Waals surface area contributed by atoms with Crippen molar-refractivity contribution in [3.05, 3.63) is 27.7 Å². The molecule has 4 nitrogen and oxygen atoms in total. The maximum atomic E-state index is 13.0. The lowest BCUT2D eigenvalue weighted by Crippen LogP contribution is -2.37. The van der Waals surface area contributed by atoms with Gasteiger partial charge in [0.05, 0.1) is 0 Å². The highest BCUT2D eigenvalue weighted by molar-refractivity contribution is 9.10. The summed E-state index contributed by atoms with van der Waals surface area (Å²) in [7, 11) is -4.99. The normalized spacial score (nSPS) is 15.3. The molecule has 1 aromatic rings. The molecule has 0 bridgehead atoms. The van der Waals surface area contributed by atoms with E-state index in [9.17, 15) is 30.3 Å². The molecule has 1 aliphatic rings. The van der Waals surface area contributed by atoms with E-state index in [-0.39, 0.29) is 16.6 Å². The van der Waals surface area contributed by atoms with E-state index in [2.05, 4.69) is 15.9 Å². The SMILES string of the molecule is O=C(N1Cc2cc(Br)c(S(=O)(=O)F)cc2C1)C(F)(F)F. The molecule has 2 rings (SSSR count). The summed E-state index contributed by atoms with van der Waals surface area (Å²) in [4.78, 5) is 10.9. The van der Waals surface area contributed by atoms with Crippen LogP contribution in [-0.4, -0.2) is 25.4 Å². The Hall–Kier alpha value is -1.16. The van der Waals surface area contributed by atoms with Crippen LogP contribution < -0.4 is 0 Å². The fraction of sp³-hybridized carbons (Fsp3) is 0.300. The molecular weight excluding hydrogens is 370 g/mol. The van der Waals surface area contributed by atoms with Crippen molar-refractivity contribution in [3.8, 4) is 0 Å². The van der Waals surface area contributed by atoms with E-state index in [0.29, 0.717) is 10.5 Å². The van der Waals surface area contributed by atoms with E-state index >= 15 is 0 Å². The maximum absolute atomic E-state index is 13.0. The molecule has 0 aromatic heterocycles. The minimum Gasteiger partial charge on any atom is -0.326 e. The van der Waals surface area contributed by atoms with Crippen LogP contribution in [0, 0.1) is 0 Å². The van der Waals surface area contributed by atoms with Crippen molar-refractivity contribution in [2.75, 3.05) is 0 Å². The Kier molecular flexibility index (Phi) is 3.57. The number of hydrogen-bond donors (Lipinski definition) is 0. The number of rotatable bonds is 1. The van der Waals surface area contributed by atoms with Crippen molar-refractivity contribution < 1.29 is 30.3 Å². The molecule has 0 atom stereocenters. The number of halogens is 5. The van der Waals surface area contributed by atoms with Crippen molar-refractivity contribution in [1.82, 2.24) is 4.90 Å². The van der Waals surface area contributed by atoms with Crippen molar-refractivity contribution >= 4 is 32.1 Å². The van der Waals surface area contributed by atoms with E-state index in [0.717, 1.165) is 6.07 Å². The topological polar surface area (TPSA) is 54.5 Å². The zero-order valence-corrected chi connectivity index (χ0v) is 11.9. The Morgan fingerprint density at radius 2 is 1.70 bits per heavy atom. The predicted octanol–water partition coefficient (Wildman–Crippen LogP) is 2.51. The molecule has 10 heteroatoms. The van der Waals surface area contributed by atoms with E-state index in [4.69, 9.17) is 0 Å². The quantitative estimate of drug-likeness (QED) is 0.559. The van der Waals surface area contributed by atoms with Gasteiger partial charge in [0.15, 0.2) is 0 Å². The summed E-state index contributed by atoms with van der Waals surface area (Å²) >= 11 is 2.84. The third-order valence-electron chi connectivity index (χ3n) is 2.77. The largest absolute Gasteiger partial charge is 0.471 e. The van der Waals surface area contributed by atoms with Crippen LogP contribution in [0.15, 0.2) is 21.5 Å². The van der Waals surface area contributed by atoms with Crippen LogP contribution >= 0.6 is 15.9 Å². The summed E-state index contributed by atoms with van der Waals surface area (Å²) in [6, 6.07) is 2.13. The average Bonchev–Trinajstić information content (AvgIpc) is 2.66. The maximum Gasteiger partial charge on any atom is 0.471 e. The van der Waals surface area contributed by atoms with Gasteiger partial charge in [-0.15, -0.1) is 3.89 Å². The lowest BCUT2D eigenvalue weighted by atomic mass is 10.1. The van der Waals surface area contributed by atoms with Crippen molar-refractivity contribution in [1.29, 1.82) is 0 Å². The molecule has 0 aliphatic carbocycles. The van der Waals surface area contributed by atoms with Gasteiger partial charge in [-0.25, -0.2) is 0 Å². The Bertz CT molecular complexity index is 686. The molecule has 0 spiro atoms. The van der Waals surface area contributed by atoms with Gasteiger partial charge >= 0.3 is 22.3 Å². The van der Waals surface area contributed by atoms with Gasteiger partial charge in [0, 0.05) is 17.6 Å². The van der Waals surface area contributed by atoms with Crippen molar-refractivity contribution in [3.63, 3.8) is 0 Å². The van der Waals surface area contributed by atoms with Crippen molar-refractivity contribution in [2.45, 2.75) is 24.2 Å². The predicted molar refractivity (Wildman–Crippen MR) is 62.7 cm³/mol. The smallest absolute Gasteiger partial charge is 0.326 e. The standard InChI is InChI=1S/C10H6BrF4NO3S/c11-7-1-5-3-16(9(17)10(12,13)14)4-6(5)2-8(7)20(15,18)19/h1-2H,3-4H2. The lowest BCUT2D eigenvalue weighted by Gasteiger charge is -2.16. The van der Waals surface area contributed by atoms with Crippen LogP contribution in [0.4, 0.5) is 17.1 Å². The van der Waals surface area contributed by atoms with Gasteiger partial charge in [-0.3, -0.25) is 4.79 Å². The molecule has 0 N–H and O–H groups in total. The molecule has 1 aliphatic heterocycles. The van der Waals surface area contributed by atoms with Crippen molar-refractivity contribution in [2.24, 2.45) is 0 Å². The van der Waals surface area contributed by atoms with Crippen LogP contribution in [-0.2, 0) is 28.1 Å². The number of nitrogens with zero attached hydrogens (tertiary/aromatic N) is 1. The number of amides is 1. The fourth-order valence-corrected chi connectivity index (χ4v) is 3.45. The van der Waals surface area contributed by atoms with E-state index in [1.807, 2.05) is 0 Å². The first-order valence-corrected chi connectivity index (χ1v) is 7.30. The minimum atomic E-state index is -5.01. The first-order chi connectivity index (χ1) is 9.00. The van der Waals surface area contributed by atoms with Crippen LogP contribution in [0.1, 0.15) is 11.1 Å². The molecule has 0 saturated heterocycles. The fourth-order valence-electron chi connectivity index (χ4n) is 1.91. The molecule has 0 fully saturated rings. The second kappa shape index (κ2) is 4.69. The summed E-state index contributed by atoms with van der Waals surface area (Å²) in [5.74, 6) is -2.02. The third-order valence-corrected chi connectivity index (χ3v) is 4.55. The second-order valence-electron chi connectivity index (χ2n) is 4.15. The van der Waals surface area contributed by atoms with Gasteiger partial charge in [0.25, 0.3) is 0 Å². The Morgan fingerprint density at radius 1 is 1.20 bits per heavy atom. The zero-order chi connectivity index (χ0) is 15.3. The summed E-state index contributed by atoms with van der Waals surface area (Å²) in [5, 5.41) is 0. The summed E-state index contributed by atoms with van der Waals surface area (Å²) in [6.45, 7) is -0.720. The van der Waals surface area contributed by atoms with Crippen LogP contribution in [0.25, 0.3) is 0 Å². The van der Waals surface area contributed by atoms with E-state index < -0.39 is 33.7 Å². The number of fused-ring (bicyclic) bond motifs is 1. The summed E-state index contributed by atoms with van der Waals surface area (Å²) < 4.78 is 71.6. The van der Waals surface area contributed by atoms with E-state index in [1.54, 1.807) is 0 Å². The second-order valence-corrected chi connectivity index (χ2v) is 6.32. The number of hydrogen-bond acceptors (Lipinski definition) is 3. The number of benzene rings is 1. The van der Waals surface area contributed by atoms with Gasteiger partial charge in [0.2, 0.25) is 0 Å². The number of alkyl halides is 3. The Labute approximate surface area is 119 Å². The molecule has 1 heterocycles. The molecule has 0 saturated carbocycles. The van der Waals surface area contributed by atoms with Gasteiger partial charge in [-0.1, -0.05) is 0 Å². The van der Waals surface area contributed by atoms with Crippen LogP contribution in [0.2, 0.25) is 0 Å². The molecule has 20 heavy (non-hydrogen) atoms. The average molecular weight is 376 g/mol. The van der Waals surface area contributed by atoms with Gasteiger partial charge in [-0.05, 0) is 39.2 Å². The highest BCUT2D eigenvalue weighted by Gasteiger charge is 2.44. The first-order valence-electron chi connectivity index (χ1n) is 5.12. The molecule has 0 unspecified atom stereocenters. The summed E-state index contributed by atoms with van der Waals surface area (Å²) in [6.07, 6.45) is -5.01. The molecule has 1 amide bonds. The Balaban J connectivity index is 2.37. The highest BCUT2D eigenvalue weighted by atomic mass is 79.9. The minimum absolute atomic E-state index is 0.0972. The van der Waals surface area contributed by atoms with Gasteiger partial charge in [-0.2, -0.15) is 21.6 Å². The van der Waals surface area contributed by atoms with Gasteiger partial charge in [0.1, 0.15) is 4.90 Å². The highest BCUT2D eigenvalue weighted by Crippen LogP contribution is 2.34. The first kappa shape index (κ1) is 15.2. The molecule has 1 aromatic carbocycles. The Morgan fingerprint density at radius 3 is 2.15 bits per heavy atom. The third kappa shape index (κ3) is 2.80. The van der Waals surface area contributed by atoms with Crippen LogP contribution in [0.3, 0.4) is 0 Å². The molecule has 0 radical (unpaired) electrons. The monoisotopic (exact) mass is 375 g/mol. The molecule has 110 valence electrons. The molecular formula is C10H6BrF4NO3S. The summed E-state index contributed by atoms with van der Waals surface area (Å²) in [5.41, 5.74) is 0.504. The number of carbonyl (C=O) groups is 1. The van der Waals surface area contributed by atoms with Gasteiger partial charge < -0.3 is 4.90 Å². The van der Waals surface area contributed by atoms with E-state index in [1.165, 1.54) is 6.07 Å². The lowest BCUT2D eigenvalue weighted by molar-refractivity contribution is -0.186. The number of carbonyl (C=O) groups excluding carboxylic acids is 1.